The fourth-order valence-corrected chi connectivity index (χ4v) is 3.60. The van der Waals surface area contributed by atoms with Crippen LogP contribution in [0, 0.1) is 12.8 Å². The summed E-state index contributed by atoms with van der Waals surface area (Å²) in [5, 5.41) is 4.10. The second-order valence-corrected chi connectivity index (χ2v) is 6.43. The Kier molecular flexibility index (Phi) is 4.93. The van der Waals surface area contributed by atoms with Gasteiger partial charge >= 0.3 is 0 Å². The molecule has 0 radical (unpaired) electrons. The quantitative estimate of drug-likeness (QED) is 0.848. The van der Waals surface area contributed by atoms with Crippen LogP contribution in [0.5, 0.6) is 0 Å². The molecular formula is C16H27N3O2. The minimum atomic E-state index is 0.686. The molecule has 0 amide bonds. The van der Waals surface area contributed by atoms with Crippen molar-refractivity contribution in [1.29, 1.82) is 0 Å². The topological polar surface area (TPSA) is 41.7 Å². The van der Waals surface area contributed by atoms with Gasteiger partial charge in [-0.1, -0.05) is 5.16 Å². The van der Waals surface area contributed by atoms with Crippen LogP contribution in [0.25, 0.3) is 0 Å². The molecule has 0 unspecified atom stereocenters. The number of piperidine rings is 1. The van der Waals surface area contributed by atoms with Crippen LogP contribution in [0.4, 0.5) is 0 Å². The number of morpholine rings is 1. The van der Waals surface area contributed by atoms with Crippen molar-refractivity contribution in [3.63, 3.8) is 0 Å². The van der Waals surface area contributed by atoms with Gasteiger partial charge in [0.05, 0.1) is 18.9 Å². The monoisotopic (exact) mass is 293 g/mol. The summed E-state index contributed by atoms with van der Waals surface area (Å²) in [7, 11) is 0. The Morgan fingerprint density at radius 3 is 2.57 bits per heavy atom. The Morgan fingerprint density at radius 1 is 1.24 bits per heavy atom. The van der Waals surface area contributed by atoms with E-state index in [-0.39, 0.29) is 0 Å². The molecule has 1 atom stereocenters. The molecule has 0 aliphatic carbocycles. The fraction of sp³-hybridized carbons (Fsp3) is 0.812. The molecule has 2 aliphatic rings. The molecular weight excluding hydrogens is 266 g/mol. The van der Waals surface area contributed by atoms with E-state index in [1.54, 1.807) is 0 Å². The first-order valence-electron chi connectivity index (χ1n) is 8.19. The Hall–Kier alpha value is -0.910. The highest BCUT2D eigenvalue weighted by molar-refractivity contribution is 5.03. The van der Waals surface area contributed by atoms with E-state index in [2.05, 4.69) is 21.9 Å². The number of aromatic nitrogens is 1. The summed E-state index contributed by atoms with van der Waals surface area (Å²) in [6.45, 7) is 11.6. The van der Waals surface area contributed by atoms with Crippen LogP contribution in [0.2, 0.25) is 0 Å². The van der Waals surface area contributed by atoms with Gasteiger partial charge < -0.3 is 9.26 Å². The van der Waals surface area contributed by atoms with Crippen molar-refractivity contribution in [3.8, 4) is 0 Å². The molecule has 118 valence electrons. The van der Waals surface area contributed by atoms with Crippen LogP contribution in [-0.4, -0.2) is 60.4 Å². The first-order chi connectivity index (χ1) is 10.2. The first kappa shape index (κ1) is 15.0. The summed E-state index contributed by atoms with van der Waals surface area (Å²) in [6, 6.07) is 2.73. The molecule has 5 nitrogen and oxygen atoms in total. The van der Waals surface area contributed by atoms with Gasteiger partial charge in [-0.25, -0.2) is 0 Å². The largest absolute Gasteiger partial charge is 0.379 e. The van der Waals surface area contributed by atoms with Gasteiger partial charge in [0.15, 0.2) is 0 Å². The molecule has 0 bridgehead atoms. The van der Waals surface area contributed by atoms with Crippen molar-refractivity contribution >= 4 is 0 Å². The second kappa shape index (κ2) is 6.90. The molecule has 1 aromatic rings. The SMILES string of the molecule is Cc1cc(CN2CCC([C@@H](C)N3CCOCC3)CC2)no1. The molecule has 0 saturated carbocycles. The van der Waals surface area contributed by atoms with Crippen LogP contribution >= 0.6 is 0 Å². The lowest BCUT2D eigenvalue weighted by Crippen LogP contribution is -2.48. The average molecular weight is 293 g/mol. The Bertz CT molecular complexity index is 434. The van der Waals surface area contributed by atoms with Gasteiger partial charge in [0.2, 0.25) is 0 Å². The van der Waals surface area contributed by atoms with Crippen molar-refractivity contribution in [2.75, 3.05) is 39.4 Å². The third kappa shape index (κ3) is 3.84. The number of nitrogens with zero attached hydrogens (tertiary/aromatic N) is 3. The van der Waals surface area contributed by atoms with Crippen LogP contribution in [0.15, 0.2) is 10.6 Å². The second-order valence-electron chi connectivity index (χ2n) is 6.43. The Labute approximate surface area is 127 Å². The highest BCUT2D eigenvalue weighted by atomic mass is 16.5. The smallest absolute Gasteiger partial charge is 0.133 e. The van der Waals surface area contributed by atoms with E-state index in [4.69, 9.17) is 9.26 Å². The van der Waals surface area contributed by atoms with Gasteiger partial charge in [-0.2, -0.15) is 0 Å². The number of rotatable bonds is 4. The molecule has 0 spiro atoms. The van der Waals surface area contributed by atoms with Crippen LogP contribution in [-0.2, 0) is 11.3 Å². The van der Waals surface area contributed by atoms with E-state index in [1.165, 1.54) is 25.9 Å². The summed E-state index contributed by atoms with van der Waals surface area (Å²) in [4.78, 5) is 5.10. The Balaban J connectivity index is 1.45. The van der Waals surface area contributed by atoms with E-state index in [0.29, 0.717) is 6.04 Å². The van der Waals surface area contributed by atoms with Crippen molar-refractivity contribution in [2.45, 2.75) is 39.3 Å². The summed E-state index contributed by atoms with van der Waals surface area (Å²) >= 11 is 0. The van der Waals surface area contributed by atoms with Crippen molar-refractivity contribution in [2.24, 2.45) is 5.92 Å². The third-order valence-electron chi connectivity index (χ3n) is 5.00. The van der Waals surface area contributed by atoms with E-state index in [9.17, 15) is 0 Å². The van der Waals surface area contributed by atoms with E-state index in [1.807, 2.05) is 13.0 Å². The maximum absolute atomic E-state index is 5.46. The standard InChI is InChI=1S/C16H27N3O2/c1-13-11-16(17-21-13)12-18-5-3-15(4-6-18)14(2)19-7-9-20-10-8-19/h11,14-15H,3-10,12H2,1-2H3/t14-/m1/s1. The molecule has 5 heteroatoms. The molecule has 2 aliphatic heterocycles. The van der Waals surface area contributed by atoms with E-state index >= 15 is 0 Å². The minimum absolute atomic E-state index is 0.686. The predicted octanol–water partition coefficient (Wildman–Crippen LogP) is 1.92. The number of hydrogen-bond donors (Lipinski definition) is 0. The molecule has 3 rings (SSSR count). The average Bonchev–Trinajstić information content (AvgIpc) is 2.93. The minimum Gasteiger partial charge on any atom is -0.379 e. The van der Waals surface area contributed by atoms with Crippen molar-refractivity contribution in [1.82, 2.24) is 15.0 Å². The first-order valence-corrected chi connectivity index (χ1v) is 8.19. The van der Waals surface area contributed by atoms with E-state index < -0.39 is 0 Å². The maximum atomic E-state index is 5.46. The zero-order chi connectivity index (χ0) is 14.7. The number of hydrogen-bond acceptors (Lipinski definition) is 5. The van der Waals surface area contributed by atoms with E-state index in [0.717, 1.165) is 50.2 Å². The molecule has 2 fully saturated rings. The van der Waals surface area contributed by atoms with Crippen LogP contribution < -0.4 is 0 Å². The van der Waals surface area contributed by atoms with Crippen LogP contribution in [0.3, 0.4) is 0 Å². The molecule has 0 N–H and O–H groups in total. The fourth-order valence-electron chi connectivity index (χ4n) is 3.60. The lowest BCUT2D eigenvalue weighted by atomic mass is 9.89. The number of likely N-dealkylation sites (tertiary alicyclic amines) is 1. The molecule has 1 aromatic heterocycles. The molecule has 3 heterocycles. The predicted molar refractivity (Wildman–Crippen MR) is 81.1 cm³/mol. The highest BCUT2D eigenvalue weighted by Gasteiger charge is 2.28. The van der Waals surface area contributed by atoms with Gasteiger partial charge in [0, 0.05) is 31.7 Å². The lowest BCUT2D eigenvalue weighted by molar-refractivity contribution is -0.00201. The zero-order valence-electron chi connectivity index (χ0n) is 13.3. The third-order valence-corrected chi connectivity index (χ3v) is 5.00. The molecule has 2 saturated heterocycles. The van der Waals surface area contributed by atoms with Gasteiger partial charge in [-0.15, -0.1) is 0 Å². The normalized spacial score (nSPS) is 24.3. The summed E-state index contributed by atoms with van der Waals surface area (Å²) in [5.74, 6) is 1.72. The van der Waals surface area contributed by atoms with Gasteiger partial charge in [0.25, 0.3) is 0 Å². The van der Waals surface area contributed by atoms with Crippen molar-refractivity contribution < 1.29 is 9.26 Å². The van der Waals surface area contributed by atoms with Gasteiger partial charge in [-0.3, -0.25) is 9.80 Å². The van der Waals surface area contributed by atoms with Crippen molar-refractivity contribution in [3.05, 3.63) is 17.5 Å². The number of aryl methyl sites for hydroxylation is 1. The Morgan fingerprint density at radius 2 is 1.95 bits per heavy atom. The molecule has 21 heavy (non-hydrogen) atoms. The highest BCUT2D eigenvalue weighted by Crippen LogP contribution is 2.25. The summed E-state index contributed by atoms with van der Waals surface area (Å²) in [6.07, 6.45) is 2.57. The number of ether oxygens (including phenoxy) is 1. The van der Waals surface area contributed by atoms with Gasteiger partial charge in [0.1, 0.15) is 5.76 Å². The van der Waals surface area contributed by atoms with Crippen LogP contribution in [0.1, 0.15) is 31.2 Å². The maximum Gasteiger partial charge on any atom is 0.133 e. The zero-order valence-corrected chi connectivity index (χ0v) is 13.3. The summed E-state index contributed by atoms with van der Waals surface area (Å²) < 4.78 is 10.6. The van der Waals surface area contributed by atoms with Gasteiger partial charge in [-0.05, 0) is 45.7 Å². The molecule has 0 aromatic carbocycles. The summed E-state index contributed by atoms with van der Waals surface area (Å²) in [5.41, 5.74) is 1.06. The lowest BCUT2D eigenvalue weighted by Gasteiger charge is -2.40.